The lowest BCUT2D eigenvalue weighted by atomic mass is 9.77. The van der Waals surface area contributed by atoms with E-state index in [1.807, 2.05) is 6.92 Å². The largest absolute Gasteiger partial charge is 0.468 e. The van der Waals surface area contributed by atoms with Crippen molar-refractivity contribution >= 4 is 11.9 Å². The summed E-state index contributed by atoms with van der Waals surface area (Å²) >= 11 is 0. The van der Waals surface area contributed by atoms with Crippen LogP contribution in [0.2, 0.25) is 0 Å². The minimum atomic E-state index is -1.69. The molecule has 13 nitrogen and oxygen atoms in total. The van der Waals surface area contributed by atoms with Gasteiger partial charge in [-0.1, -0.05) is 19.9 Å². The fourth-order valence-corrected chi connectivity index (χ4v) is 6.03. The molecule has 3 fully saturated rings. The molecule has 220 valence electrons. The molecular weight excluding hydrogens is 520 g/mol. The number of ether oxygens (including phenoxy) is 5. The smallest absolute Gasteiger partial charge is 0.337 e. The van der Waals surface area contributed by atoms with Gasteiger partial charge in [0.1, 0.15) is 30.0 Å². The fraction of sp³-hybridized carbons (Fsp3) is 0.769. The quantitative estimate of drug-likeness (QED) is 0.172. The summed E-state index contributed by atoms with van der Waals surface area (Å²) in [6.07, 6.45) is -7.38. The van der Waals surface area contributed by atoms with Crippen molar-refractivity contribution in [3.63, 3.8) is 0 Å². The predicted octanol–water partition coefficient (Wildman–Crippen LogP) is -1.52. The van der Waals surface area contributed by atoms with Gasteiger partial charge in [0.25, 0.3) is 0 Å². The van der Waals surface area contributed by atoms with Crippen molar-refractivity contribution in [2.24, 2.45) is 23.7 Å². The van der Waals surface area contributed by atoms with E-state index in [-0.39, 0.29) is 31.1 Å². The Balaban J connectivity index is 1.58. The van der Waals surface area contributed by atoms with Gasteiger partial charge in [-0.3, -0.25) is 4.79 Å². The Bertz CT molecular complexity index is 979. The zero-order valence-corrected chi connectivity index (χ0v) is 22.1. The van der Waals surface area contributed by atoms with Crippen LogP contribution in [-0.4, -0.2) is 111 Å². The predicted molar refractivity (Wildman–Crippen MR) is 129 cm³/mol. The summed E-state index contributed by atoms with van der Waals surface area (Å²) in [5, 5.41) is 62.0. The van der Waals surface area contributed by atoms with E-state index in [9.17, 15) is 40.2 Å². The standard InChI is InChI=1S/C26H38O13/c1-4-13-14-6-19(29)35-10-16-11(2)5-18(28)26(16,34)12(3)8-36-23(33)15(14)9-37-24(13)39-25-22(32)21(31)20(30)17(7-27)38-25/h4,9,11-12,14,16-18,20-22,24-25,27-28,30-32,34H,5-8,10H2,1-3H3/b13-4+/t11?,12?,14?,16?,17-,18?,20-,21+,22-,24?,25+,26?/m1/s1. The molecule has 1 aliphatic carbocycles. The van der Waals surface area contributed by atoms with Crippen LogP contribution < -0.4 is 0 Å². The third-order valence-electron chi connectivity index (χ3n) is 8.50. The van der Waals surface area contributed by atoms with Crippen LogP contribution in [-0.2, 0) is 33.3 Å². The van der Waals surface area contributed by atoms with Crippen molar-refractivity contribution in [1.29, 1.82) is 0 Å². The number of hydrogen-bond acceptors (Lipinski definition) is 13. The summed E-state index contributed by atoms with van der Waals surface area (Å²) in [7, 11) is 0. The third kappa shape index (κ3) is 5.46. The number of rotatable bonds is 3. The lowest BCUT2D eigenvalue weighted by molar-refractivity contribution is -0.327. The molecule has 4 aliphatic rings. The van der Waals surface area contributed by atoms with E-state index in [2.05, 4.69) is 0 Å². The molecule has 4 rings (SSSR count). The molecule has 0 spiro atoms. The minimum Gasteiger partial charge on any atom is -0.468 e. The SMILES string of the molecule is C/C=C1/C(O[C@@H]2O[C@H](CO)[C@@H](O)[C@H](O)[C@H]2O)OC=C2C(=O)OCC(C)C3(O)C(O)CC(C)C3COC(=O)CC21. The first-order chi connectivity index (χ1) is 18.4. The average molecular weight is 559 g/mol. The van der Waals surface area contributed by atoms with Gasteiger partial charge >= 0.3 is 11.9 Å². The first-order valence-corrected chi connectivity index (χ1v) is 13.1. The van der Waals surface area contributed by atoms with Crippen LogP contribution in [0.15, 0.2) is 23.5 Å². The Morgan fingerprint density at radius 2 is 1.79 bits per heavy atom. The van der Waals surface area contributed by atoms with E-state index >= 15 is 0 Å². The topological polar surface area (TPSA) is 202 Å². The molecule has 0 bridgehead atoms. The Morgan fingerprint density at radius 1 is 1.08 bits per heavy atom. The van der Waals surface area contributed by atoms with E-state index in [0.717, 1.165) is 6.26 Å². The molecular formula is C26H38O13. The zero-order valence-electron chi connectivity index (χ0n) is 22.1. The van der Waals surface area contributed by atoms with Crippen LogP contribution >= 0.6 is 0 Å². The van der Waals surface area contributed by atoms with Crippen LogP contribution in [0.5, 0.6) is 0 Å². The molecule has 6 N–H and O–H groups in total. The second-order valence-electron chi connectivity index (χ2n) is 10.8. The number of fused-ring (bicyclic) bond motifs is 2. The maximum absolute atomic E-state index is 13.1. The lowest BCUT2D eigenvalue weighted by Gasteiger charge is -2.42. The second-order valence-corrected chi connectivity index (χ2v) is 10.8. The highest BCUT2D eigenvalue weighted by Gasteiger charge is 2.56. The number of hydrogen-bond donors (Lipinski definition) is 6. The molecule has 7 unspecified atom stereocenters. The van der Waals surface area contributed by atoms with E-state index in [4.69, 9.17) is 23.7 Å². The summed E-state index contributed by atoms with van der Waals surface area (Å²) in [6, 6.07) is 0. The molecule has 3 aliphatic heterocycles. The summed E-state index contributed by atoms with van der Waals surface area (Å²) in [6.45, 7) is 4.14. The highest BCUT2D eigenvalue weighted by atomic mass is 16.8. The number of esters is 2. The van der Waals surface area contributed by atoms with Gasteiger partial charge in [-0.15, -0.1) is 0 Å². The molecule has 0 radical (unpaired) electrons. The highest BCUT2D eigenvalue weighted by Crippen LogP contribution is 2.46. The number of cyclic esters (lactones) is 2. The lowest BCUT2D eigenvalue weighted by Crippen LogP contribution is -2.60. The summed E-state index contributed by atoms with van der Waals surface area (Å²) in [4.78, 5) is 26.1. The molecule has 39 heavy (non-hydrogen) atoms. The van der Waals surface area contributed by atoms with Crippen LogP contribution in [0, 0.1) is 23.7 Å². The molecule has 12 atom stereocenters. The fourth-order valence-electron chi connectivity index (χ4n) is 6.03. The van der Waals surface area contributed by atoms with Crippen molar-refractivity contribution in [3.8, 4) is 0 Å². The van der Waals surface area contributed by atoms with E-state index in [1.165, 1.54) is 0 Å². The Morgan fingerprint density at radius 3 is 2.46 bits per heavy atom. The van der Waals surface area contributed by atoms with Gasteiger partial charge in [0.2, 0.25) is 6.29 Å². The van der Waals surface area contributed by atoms with E-state index in [1.54, 1.807) is 19.9 Å². The average Bonchev–Trinajstić information content (AvgIpc) is 3.13. The maximum Gasteiger partial charge on any atom is 0.337 e. The van der Waals surface area contributed by atoms with Gasteiger partial charge < -0.3 is 54.3 Å². The summed E-state index contributed by atoms with van der Waals surface area (Å²) in [5.74, 6) is -3.77. The van der Waals surface area contributed by atoms with Gasteiger partial charge in [-0.05, 0) is 19.3 Å². The molecule has 13 heteroatoms. The Labute approximate surface area is 225 Å². The van der Waals surface area contributed by atoms with Crippen LogP contribution in [0.1, 0.15) is 33.6 Å². The normalized spacial score (nSPS) is 46.5. The molecule has 3 heterocycles. The molecule has 0 aromatic rings. The molecule has 1 saturated carbocycles. The van der Waals surface area contributed by atoms with E-state index < -0.39 is 85.0 Å². The zero-order chi connectivity index (χ0) is 28.6. The van der Waals surface area contributed by atoms with Gasteiger partial charge in [0.05, 0.1) is 44.2 Å². The molecule has 2 saturated heterocycles. The van der Waals surface area contributed by atoms with Crippen LogP contribution in [0.4, 0.5) is 0 Å². The number of aliphatic hydroxyl groups excluding tert-OH is 5. The van der Waals surface area contributed by atoms with Crippen LogP contribution in [0.3, 0.4) is 0 Å². The van der Waals surface area contributed by atoms with E-state index in [0.29, 0.717) is 12.0 Å². The van der Waals surface area contributed by atoms with Crippen LogP contribution in [0.25, 0.3) is 0 Å². The molecule has 0 aromatic carbocycles. The molecule has 0 amide bonds. The van der Waals surface area contributed by atoms with Gasteiger partial charge in [-0.25, -0.2) is 4.79 Å². The third-order valence-corrected chi connectivity index (χ3v) is 8.50. The first kappa shape index (κ1) is 29.9. The van der Waals surface area contributed by atoms with Gasteiger partial charge in [0.15, 0.2) is 6.29 Å². The van der Waals surface area contributed by atoms with Crippen molar-refractivity contribution in [3.05, 3.63) is 23.5 Å². The van der Waals surface area contributed by atoms with Crippen molar-refractivity contribution in [2.75, 3.05) is 19.8 Å². The van der Waals surface area contributed by atoms with Gasteiger partial charge in [0, 0.05) is 23.3 Å². The highest BCUT2D eigenvalue weighted by molar-refractivity contribution is 5.91. The van der Waals surface area contributed by atoms with Crippen molar-refractivity contribution < 1.29 is 63.9 Å². The Hall–Kier alpha value is -2.10. The summed E-state index contributed by atoms with van der Waals surface area (Å²) < 4.78 is 27.8. The first-order valence-electron chi connectivity index (χ1n) is 13.1. The van der Waals surface area contributed by atoms with Gasteiger partial charge in [-0.2, -0.15) is 0 Å². The number of allylic oxidation sites excluding steroid dienone is 1. The maximum atomic E-state index is 13.1. The Kier molecular flexibility index (Phi) is 9.03. The second kappa shape index (κ2) is 11.8. The number of carbonyl (C=O) groups is 2. The number of aliphatic hydroxyl groups is 6. The number of carbonyl (C=O) groups excluding carboxylic acids is 2. The minimum absolute atomic E-state index is 0.00893. The monoisotopic (exact) mass is 558 g/mol. The van der Waals surface area contributed by atoms with Crippen molar-refractivity contribution in [1.82, 2.24) is 0 Å². The molecule has 0 aromatic heterocycles. The van der Waals surface area contributed by atoms with Crippen molar-refractivity contribution in [2.45, 2.75) is 82.3 Å². The summed E-state index contributed by atoms with van der Waals surface area (Å²) in [5.41, 5.74) is -1.32.